The molecular weight excluding hydrogens is 264 g/mol. The molecule has 1 aromatic rings. The fourth-order valence-electron chi connectivity index (χ4n) is 3.48. The molecule has 0 radical (unpaired) electrons. The molecule has 1 saturated carbocycles. The second-order valence-corrected chi connectivity index (χ2v) is 6.39. The van der Waals surface area contributed by atoms with Crippen molar-refractivity contribution in [3.05, 3.63) is 29.8 Å². The van der Waals surface area contributed by atoms with Crippen LogP contribution in [0.4, 0.5) is 0 Å². The van der Waals surface area contributed by atoms with Gasteiger partial charge in [-0.3, -0.25) is 4.79 Å². The Morgan fingerprint density at radius 1 is 1.29 bits per heavy atom. The number of piperazine rings is 1. The molecule has 1 heterocycles. The SMILES string of the molecule is COc1ccccc1C1(C(=O)N2CCN(C)CC2C)CC1. The average Bonchev–Trinajstić information content (AvgIpc) is 3.28. The van der Waals surface area contributed by atoms with Crippen molar-refractivity contribution in [1.82, 2.24) is 9.80 Å². The van der Waals surface area contributed by atoms with E-state index in [4.69, 9.17) is 4.74 Å². The predicted molar refractivity (Wildman–Crippen MR) is 82.6 cm³/mol. The number of nitrogens with zero attached hydrogens (tertiary/aromatic N) is 2. The molecule has 1 aliphatic carbocycles. The van der Waals surface area contributed by atoms with Crippen molar-refractivity contribution in [1.29, 1.82) is 0 Å². The highest BCUT2D eigenvalue weighted by Crippen LogP contribution is 2.52. The summed E-state index contributed by atoms with van der Waals surface area (Å²) in [6.45, 7) is 4.88. The first-order valence-electron chi connectivity index (χ1n) is 7.71. The second-order valence-electron chi connectivity index (χ2n) is 6.39. The molecule has 0 aromatic heterocycles. The zero-order valence-corrected chi connectivity index (χ0v) is 13.1. The van der Waals surface area contributed by atoms with E-state index >= 15 is 0 Å². The number of benzene rings is 1. The molecule has 0 bridgehead atoms. The van der Waals surface area contributed by atoms with Gasteiger partial charge in [0.15, 0.2) is 0 Å². The number of likely N-dealkylation sites (N-methyl/N-ethyl adjacent to an activating group) is 1. The molecule has 114 valence electrons. The number of carbonyl (C=O) groups is 1. The van der Waals surface area contributed by atoms with Crippen LogP contribution in [0.3, 0.4) is 0 Å². The van der Waals surface area contributed by atoms with Gasteiger partial charge in [0, 0.05) is 31.2 Å². The minimum atomic E-state index is -0.337. The lowest BCUT2D eigenvalue weighted by Crippen LogP contribution is -2.55. The van der Waals surface area contributed by atoms with Gasteiger partial charge in [-0.05, 0) is 32.9 Å². The maximum Gasteiger partial charge on any atom is 0.233 e. The van der Waals surface area contributed by atoms with Crippen molar-refractivity contribution in [2.45, 2.75) is 31.2 Å². The molecule has 3 rings (SSSR count). The number of amides is 1. The van der Waals surface area contributed by atoms with Gasteiger partial charge in [-0.15, -0.1) is 0 Å². The average molecular weight is 288 g/mol. The summed E-state index contributed by atoms with van der Waals surface area (Å²) in [5.74, 6) is 1.12. The van der Waals surface area contributed by atoms with Crippen molar-refractivity contribution < 1.29 is 9.53 Å². The first-order chi connectivity index (χ1) is 10.1. The summed E-state index contributed by atoms with van der Waals surface area (Å²) in [5.41, 5.74) is 0.722. The highest BCUT2D eigenvalue weighted by molar-refractivity contribution is 5.92. The minimum Gasteiger partial charge on any atom is -0.496 e. The van der Waals surface area contributed by atoms with E-state index in [1.807, 2.05) is 24.3 Å². The normalized spacial score (nSPS) is 24.7. The lowest BCUT2D eigenvalue weighted by atomic mass is 9.92. The van der Waals surface area contributed by atoms with Gasteiger partial charge >= 0.3 is 0 Å². The summed E-state index contributed by atoms with van der Waals surface area (Å²) < 4.78 is 5.47. The van der Waals surface area contributed by atoms with Crippen LogP contribution in [0.2, 0.25) is 0 Å². The smallest absolute Gasteiger partial charge is 0.233 e. The molecule has 2 fully saturated rings. The number of rotatable bonds is 3. The minimum absolute atomic E-state index is 0.281. The third-order valence-corrected chi connectivity index (χ3v) is 4.87. The maximum atomic E-state index is 13.1. The summed E-state index contributed by atoms with van der Waals surface area (Å²) in [6.07, 6.45) is 1.87. The van der Waals surface area contributed by atoms with E-state index in [0.29, 0.717) is 0 Å². The number of carbonyl (C=O) groups excluding carboxylic acids is 1. The van der Waals surface area contributed by atoms with Crippen LogP contribution < -0.4 is 4.74 Å². The molecule has 4 heteroatoms. The Bertz CT molecular complexity index is 539. The van der Waals surface area contributed by atoms with Gasteiger partial charge in [0.25, 0.3) is 0 Å². The van der Waals surface area contributed by atoms with Gasteiger partial charge < -0.3 is 14.5 Å². The summed E-state index contributed by atoms with van der Waals surface area (Å²) >= 11 is 0. The Balaban J connectivity index is 1.87. The van der Waals surface area contributed by atoms with Gasteiger partial charge in [0.1, 0.15) is 5.75 Å². The van der Waals surface area contributed by atoms with Crippen molar-refractivity contribution >= 4 is 5.91 Å². The molecule has 1 amide bonds. The van der Waals surface area contributed by atoms with Crippen LogP contribution in [0.5, 0.6) is 5.75 Å². The van der Waals surface area contributed by atoms with Crippen molar-refractivity contribution in [2.24, 2.45) is 0 Å². The van der Waals surface area contributed by atoms with Gasteiger partial charge in [-0.2, -0.15) is 0 Å². The second kappa shape index (κ2) is 5.34. The third-order valence-electron chi connectivity index (χ3n) is 4.87. The number of hydrogen-bond donors (Lipinski definition) is 0. The largest absolute Gasteiger partial charge is 0.496 e. The topological polar surface area (TPSA) is 32.8 Å². The van der Waals surface area contributed by atoms with Crippen molar-refractivity contribution in [3.8, 4) is 5.75 Å². The highest BCUT2D eigenvalue weighted by Gasteiger charge is 2.55. The van der Waals surface area contributed by atoms with Crippen LogP contribution in [0.25, 0.3) is 0 Å². The zero-order chi connectivity index (χ0) is 15.0. The molecule has 2 aliphatic rings. The van der Waals surface area contributed by atoms with Crippen molar-refractivity contribution in [3.63, 3.8) is 0 Å². The molecule has 0 N–H and O–H groups in total. The lowest BCUT2D eigenvalue weighted by Gasteiger charge is -2.40. The predicted octanol–water partition coefficient (Wildman–Crippen LogP) is 1.89. The van der Waals surface area contributed by atoms with E-state index in [1.54, 1.807) is 7.11 Å². The summed E-state index contributed by atoms with van der Waals surface area (Å²) in [4.78, 5) is 17.5. The van der Waals surface area contributed by atoms with Crippen LogP contribution in [0, 0.1) is 0 Å². The van der Waals surface area contributed by atoms with Gasteiger partial charge in [-0.25, -0.2) is 0 Å². The molecule has 21 heavy (non-hydrogen) atoms. The number of methoxy groups -OCH3 is 1. The molecule has 1 unspecified atom stereocenters. The van der Waals surface area contributed by atoms with Crippen molar-refractivity contribution in [2.75, 3.05) is 33.8 Å². The van der Waals surface area contributed by atoms with E-state index in [1.165, 1.54) is 0 Å². The number of ether oxygens (including phenoxy) is 1. The molecule has 1 atom stereocenters. The van der Waals surface area contributed by atoms with Gasteiger partial charge in [0.05, 0.1) is 12.5 Å². The fourth-order valence-corrected chi connectivity index (χ4v) is 3.48. The van der Waals surface area contributed by atoms with E-state index in [9.17, 15) is 4.79 Å². The Hall–Kier alpha value is -1.55. The Labute approximate surface area is 126 Å². The summed E-state index contributed by atoms with van der Waals surface area (Å²) in [6, 6.07) is 8.24. The van der Waals surface area contributed by atoms with E-state index < -0.39 is 0 Å². The standard InChI is InChI=1S/C17H24N2O2/c1-13-12-18(2)10-11-19(13)16(20)17(8-9-17)14-6-4-5-7-15(14)21-3/h4-7,13H,8-12H2,1-3H3. The van der Waals surface area contributed by atoms with Crippen LogP contribution in [-0.4, -0.2) is 55.5 Å². The summed E-state index contributed by atoms with van der Waals surface area (Å²) in [5, 5.41) is 0. The maximum absolute atomic E-state index is 13.1. The number of hydrogen-bond acceptors (Lipinski definition) is 3. The van der Waals surface area contributed by atoms with Crippen LogP contribution in [0.1, 0.15) is 25.3 Å². The third kappa shape index (κ3) is 2.42. The molecule has 4 nitrogen and oxygen atoms in total. The Kier molecular flexibility index (Phi) is 3.66. The number of para-hydroxylation sites is 1. The van der Waals surface area contributed by atoms with Gasteiger partial charge in [-0.1, -0.05) is 18.2 Å². The monoisotopic (exact) mass is 288 g/mol. The molecule has 0 spiro atoms. The fraction of sp³-hybridized carbons (Fsp3) is 0.588. The van der Waals surface area contributed by atoms with Gasteiger partial charge in [0.2, 0.25) is 5.91 Å². The Morgan fingerprint density at radius 2 is 2.00 bits per heavy atom. The van der Waals surface area contributed by atoms with Crippen LogP contribution in [0.15, 0.2) is 24.3 Å². The molecule has 1 aromatic carbocycles. The first-order valence-corrected chi connectivity index (χ1v) is 7.71. The Morgan fingerprint density at radius 3 is 2.62 bits per heavy atom. The van der Waals surface area contributed by atoms with E-state index in [-0.39, 0.29) is 17.4 Å². The molecule has 1 aliphatic heterocycles. The quantitative estimate of drug-likeness (QED) is 0.851. The lowest BCUT2D eigenvalue weighted by molar-refractivity contribution is -0.138. The van der Waals surface area contributed by atoms with E-state index in [2.05, 4.69) is 23.8 Å². The summed E-state index contributed by atoms with van der Waals surface area (Å²) in [7, 11) is 3.79. The zero-order valence-electron chi connectivity index (χ0n) is 13.1. The molecule has 1 saturated heterocycles. The van der Waals surface area contributed by atoms with Crippen LogP contribution in [-0.2, 0) is 10.2 Å². The first kappa shape index (κ1) is 14.4. The molecular formula is C17H24N2O2. The highest BCUT2D eigenvalue weighted by atomic mass is 16.5. The van der Waals surface area contributed by atoms with E-state index in [0.717, 1.165) is 43.8 Å². The van der Waals surface area contributed by atoms with Crippen LogP contribution >= 0.6 is 0 Å².